The molecule has 2 saturated heterocycles. The lowest BCUT2D eigenvalue weighted by Crippen LogP contribution is -2.58. The molecule has 2 atom stereocenters. The molecule has 2 unspecified atom stereocenters. The number of rotatable bonds is 1. The van der Waals surface area contributed by atoms with Gasteiger partial charge in [0.05, 0.1) is 4.87 Å². The fourth-order valence-electron chi connectivity index (χ4n) is 2.29. The van der Waals surface area contributed by atoms with Crippen molar-refractivity contribution in [1.82, 2.24) is 10.6 Å². The molecular formula is C10H20N2S. The third-order valence-corrected chi connectivity index (χ3v) is 4.70. The van der Waals surface area contributed by atoms with Crippen LogP contribution in [0.5, 0.6) is 0 Å². The molecule has 76 valence electrons. The standard InChI is InChI=1S/C10H20N2S/c1-10(12-7-4-8-13-10)9-5-2-3-6-11-9/h9,11-12H,2-8H2,1H3. The molecule has 0 aromatic heterocycles. The summed E-state index contributed by atoms with van der Waals surface area (Å²) in [5, 5.41) is 7.31. The molecule has 2 nitrogen and oxygen atoms in total. The minimum absolute atomic E-state index is 0.304. The van der Waals surface area contributed by atoms with Crippen LogP contribution in [0, 0.1) is 0 Å². The van der Waals surface area contributed by atoms with Gasteiger partial charge in [-0.25, -0.2) is 0 Å². The third-order valence-electron chi connectivity index (χ3n) is 3.17. The summed E-state index contributed by atoms with van der Waals surface area (Å²) < 4.78 is 0. The van der Waals surface area contributed by atoms with Crippen molar-refractivity contribution in [3.63, 3.8) is 0 Å². The second-order valence-electron chi connectivity index (χ2n) is 4.24. The molecule has 2 heterocycles. The quantitative estimate of drug-likeness (QED) is 0.672. The minimum atomic E-state index is 0.304. The van der Waals surface area contributed by atoms with Crippen LogP contribution < -0.4 is 10.6 Å². The highest BCUT2D eigenvalue weighted by Gasteiger charge is 2.36. The van der Waals surface area contributed by atoms with Crippen molar-refractivity contribution < 1.29 is 0 Å². The first-order valence-electron chi connectivity index (χ1n) is 5.44. The molecule has 0 aromatic carbocycles. The maximum Gasteiger partial charge on any atom is 0.0771 e. The first-order valence-corrected chi connectivity index (χ1v) is 6.42. The Morgan fingerprint density at radius 2 is 2.15 bits per heavy atom. The van der Waals surface area contributed by atoms with Crippen LogP contribution >= 0.6 is 11.8 Å². The topological polar surface area (TPSA) is 24.1 Å². The summed E-state index contributed by atoms with van der Waals surface area (Å²) >= 11 is 2.10. The molecule has 2 aliphatic heterocycles. The molecule has 0 aromatic rings. The van der Waals surface area contributed by atoms with E-state index in [1.807, 2.05) is 0 Å². The summed E-state index contributed by atoms with van der Waals surface area (Å²) in [6, 6.07) is 0.687. The van der Waals surface area contributed by atoms with E-state index in [2.05, 4.69) is 29.3 Å². The van der Waals surface area contributed by atoms with E-state index in [1.54, 1.807) is 0 Å². The Kier molecular flexibility index (Phi) is 3.17. The van der Waals surface area contributed by atoms with E-state index in [1.165, 1.54) is 44.5 Å². The summed E-state index contributed by atoms with van der Waals surface area (Å²) in [5.41, 5.74) is 0. The van der Waals surface area contributed by atoms with Gasteiger partial charge in [0.1, 0.15) is 0 Å². The smallest absolute Gasteiger partial charge is 0.0771 e. The van der Waals surface area contributed by atoms with Crippen LogP contribution in [0.1, 0.15) is 32.6 Å². The molecule has 3 heteroatoms. The second kappa shape index (κ2) is 4.20. The van der Waals surface area contributed by atoms with Gasteiger partial charge >= 0.3 is 0 Å². The number of nitrogens with one attached hydrogen (secondary N) is 2. The van der Waals surface area contributed by atoms with Crippen LogP contribution in [-0.4, -0.2) is 29.8 Å². The van der Waals surface area contributed by atoms with Gasteiger partial charge in [-0.15, -0.1) is 11.8 Å². The summed E-state index contributed by atoms with van der Waals surface area (Å²) in [6.45, 7) is 4.77. The summed E-state index contributed by atoms with van der Waals surface area (Å²) in [5.74, 6) is 1.32. The van der Waals surface area contributed by atoms with E-state index in [0.717, 1.165) is 0 Å². The molecule has 13 heavy (non-hydrogen) atoms. The lowest BCUT2D eigenvalue weighted by atomic mass is 9.98. The lowest BCUT2D eigenvalue weighted by Gasteiger charge is -2.43. The Labute approximate surface area is 85.2 Å². The van der Waals surface area contributed by atoms with Crippen molar-refractivity contribution in [2.45, 2.75) is 43.5 Å². The van der Waals surface area contributed by atoms with E-state index < -0.39 is 0 Å². The van der Waals surface area contributed by atoms with Crippen LogP contribution in [0.2, 0.25) is 0 Å². The predicted molar refractivity (Wildman–Crippen MR) is 59.1 cm³/mol. The molecule has 0 radical (unpaired) electrons. The van der Waals surface area contributed by atoms with Crippen LogP contribution in [0.4, 0.5) is 0 Å². The summed E-state index contributed by atoms with van der Waals surface area (Å²) in [4.78, 5) is 0.304. The van der Waals surface area contributed by atoms with Gasteiger partial charge in [0.2, 0.25) is 0 Å². The highest BCUT2D eigenvalue weighted by Crippen LogP contribution is 2.32. The van der Waals surface area contributed by atoms with Gasteiger partial charge in [-0.1, -0.05) is 6.42 Å². The average molecular weight is 200 g/mol. The molecule has 0 bridgehead atoms. The molecule has 0 amide bonds. The van der Waals surface area contributed by atoms with Crippen molar-refractivity contribution in [3.05, 3.63) is 0 Å². The first kappa shape index (κ1) is 9.81. The summed E-state index contributed by atoms with van der Waals surface area (Å²) in [6.07, 6.45) is 5.43. The Morgan fingerprint density at radius 3 is 2.77 bits per heavy atom. The molecule has 0 saturated carbocycles. The SMILES string of the molecule is CC1(C2CCCCN2)NCCCS1. The van der Waals surface area contributed by atoms with Crippen molar-refractivity contribution in [2.24, 2.45) is 0 Å². The number of thioether (sulfide) groups is 1. The molecule has 2 N–H and O–H groups in total. The Balaban J connectivity index is 1.94. The average Bonchev–Trinajstić information content (AvgIpc) is 2.20. The highest BCUT2D eigenvalue weighted by molar-refractivity contribution is 8.00. The zero-order valence-corrected chi connectivity index (χ0v) is 9.25. The maximum atomic E-state index is 3.67. The Hall–Kier alpha value is 0.270. The Bertz CT molecular complexity index is 160. The van der Waals surface area contributed by atoms with Crippen molar-refractivity contribution in [2.75, 3.05) is 18.8 Å². The fraction of sp³-hybridized carbons (Fsp3) is 1.00. The van der Waals surface area contributed by atoms with Gasteiger partial charge in [0.15, 0.2) is 0 Å². The van der Waals surface area contributed by atoms with Crippen LogP contribution in [0.15, 0.2) is 0 Å². The second-order valence-corrected chi connectivity index (χ2v) is 5.78. The lowest BCUT2D eigenvalue weighted by molar-refractivity contribution is 0.295. The van der Waals surface area contributed by atoms with Crippen molar-refractivity contribution in [3.8, 4) is 0 Å². The van der Waals surface area contributed by atoms with Gasteiger partial charge in [-0.2, -0.15) is 0 Å². The molecular weight excluding hydrogens is 180 g/mol. The van der Waals surface area contributed by atoms with Gasteiger partial charge in [-0.3, -0.25) is 0 Å². The number of hydrogen-bond acceptors (Lipinski definition) is 3. The highest BCUT2D eigenvalue weighted by atomic mass is 32.2. The summed E-state index contributed by atoms with van der Waals surface area (Å²) in [7, 11) is 0. The minimum Gasteiger partial charge on any atom is -0.311 e. The molecule has 0 spiro atoms. The first-order chi connectivity index (χ1) is 6.31. The van der Waals surface area contributed by atoms with Gasteiger partial charge in [-0.05, 0) is 45.0 Å². The van der Waals surface area contributed by atoms with E-state index in [0.29, 0.717) is 10.9 Å². The van der Waals surface area contributed by atoms with Crippen LogP contribution in [0.25, 0.3) is 0 Å². The van der Waals surface area contributed by atoms with E-state index in [4.69, 9.17) is 0 Å². The van der Waals surface area contributed by atoms with Crippen LogP contribution in [0.3, 0.4) is 0 Å². The van der Waals surface area contributed by atoms with Crippen LogP contribution in [-0.2, 0) is 0 Å². The van der Waals surface area contributed by atoms with Crippen molar-refractivity contribution in [1.29, 1.82) is 0 Å². The fourth-order valence-corrected chi connectivity index (χ4v) is 3.61. The molecule has 2 rings (SSSR count). The van der Waals surface area contributed by atoms with Gasteiger partial charge < -0.3 is 10.6 Å². The van der Waals surface area contributed by atoms with Gasteiger partial charge in [0.25, 0.3) is 0 Å². The molecule has 2 aliphatic rings. The van der Waals surface area contributed by atoms with Gasteiger partial charge in [0, 0.05) is 6.04 Å². The zero-order valence-electron chi connectivity index (χ0n) is 8.44. The Morgan fingerprint density at radius 1 is 1.23 bits per heavy atom. The number of piperidine rings is 1. The maximum absolute atomic E-state index is 3.67. The molecule has 0 aliphatic carbocycles. The monoisotopic (exact) mass is 200 g/mol. The number of hydrogen-bond donors (Lipinski definition) is 2. The zero-order chi connectivity index (χ0) is 9.15. The third kappa shape index (κ3) is 2.20. The normalized spacial score (nSPS) is 41.8. The predicted octanol–water partition coefficient (Wildman–Crippen LogP) is 1.57. The van der Waals surface area contributed by atoms with Crippen molar-refractivity contribution >= 4 is 11.8 Å². The largest absolute Gasteiger partial charge is 0.311 e. The van der Waals surface area contributed by atoms with E-state index >= 15 is 0 Å². The van der Waals surface area contributed by atoms with E-state index in [-0.39, 0.29) is 0 Å². The molecule has 2 fully saturated rings. The van der Waals surface area contributed by atoms with E-state index in [9.17, 15) is 0 Å².